The van der Waals surface area contributed by atoms with E-state index in [9.17, 15) is 5.11 Å². The van der Waals surface area contributed by atoms with Gasteiger partial charge in [-0.3, -0.25) is 4.67 Å². The predicted octanol–water partition coefficient (Wildman–Crippen LogP) is 1.33. The van der Waals surface area contributed by atoms with Gasteiger partial charge in [0.1, 0.15) is 18.2 Å². The van der Waals surface area contributed by atoms with Crippen LogP contribution in [0.2, 0.25) is 0 Å². The van der Waals surface area contributed by atoms with Crippen LogP contribution >= 0.6 is 9.39 Å². The van der Waals surface area contributed by atoms with Crippen LogP contribution in [0.15, 0.2) is 18.2 Å². The highest BCUT2D eigenvalue weighted by Gasteiger charge is 2.13. The molecule has 1 heterocycles. The van der Waals surface area contributed by atoms with E-state index in [1.54, 1.807) is 18.2 Å². The van der Waals surface area contributed by atoms with E-state index in [-0.39, 0.29) is 5.75 Å². The van der Waals surface area contributed by atoms with Crippen molar-refractivity contribution in [1.82, 2.24) is 4.67 Å². The number of ether oxygens (including phenoxy) is 1. The van der Waals surface area contributed by atoms with Crippen molar-refractivity contribution in [3.8, 4) is 11.5 Å². The normalized spacial score (nSPS) is 16.8. The molecule has 0 fully saturated rings. The van der Waals surface area contributed by atoms with Crippen LogP contribution in [0.1, 0.15) is 5.56 Å². The average Bonchev–Trinajstić information content (AvgIpc) is 2.03. The smallest absolute Gasteiger partial charge is 0.145 e. The molecule has 0 aromatic heterocycles. The Hall–Kier alpha value is -0.790. The van der Waals surface area contributed by atoms with Crippen molar-refractivity contribution in [2.45, 2.75) is 6.54 Å². The molecule has 2 rings (SSSR count). The van der Waals surface area contributed by atoms with Gasteiger partial charge in [0.15, 0.2) is 0 Å². The van der Waals surface area contributed by atoms with Gasteiger partial charge in [-0.05, 0) is 18.2 Å². The van der Waals surface area contributed by atoms with E-state index in [2.05, 4.69) is 9.39 Å². The molecule has 1 aromatic rings. The SMILES string of the molecule is Oc1ccc2c(c1)CN(P)CO2. The van der Waals surface area contributed by atoms with Gasteiger partial charge in [0, 0.05) is 12.1 Å². The summed E-state index contributed by atoms with van der Waals surface area (Å²) in [7, 11) is 2.57. The monoisotopic (exact) mass is 183 g/mol. The van der Waals surface area contributed by atoms with Crippen molar-refractivity contribution < 1.29 is 9.84 Å². The number of rotatable bonds is 0. The van der Waals surface area contributed by atoms with E-state index in [4.69, 9.17) is 4.74 Å². The minimum Gasteiger partial charge on any atom is -0.508 e. The van der Waals surface area contributed by atoms with E-state index in [1.165, 1.54) is 0 Å². The van der Waals surface area contributed by atoms with Crippen molar-refractivity contribution in [3.63, 3.8) is 0 Å². The number of hydrogen-bond acceptors (Lipinski definition) is 3. The topological polar surface area (TPSA) is 32.7 Å². The number of fused-ring (bicyclic) bond motifs is 1. The highest BCUT2D eigenvalue weighted by atomic mass is 31.0. The fraction of sp³-hybridized carbons (Fsp3) is 0.250. The van der Waals surface area contributed by atoms with Crippen LogP contribution in [0, 0.1) is 0 Å². The van der Waals surface area contributed by atoms with Crippen LogP contribution in [0.3, 0.4) is 0 Å². The molecule has 0 radical (unpaired) electrons. The minimum atomic E-state index is 0.289. The minimum absolute atomic E-state index is 0.289. The molecular weight excluding hydrogens is 173 g/mol. The molecule has 0 spiro atoms. The molecule has 0 aliphatic carbocycles. The molecule has 0 saturated heterocycles. The summed E-state index contributed by atoms with van der Waals surface area (Å²) in [4.78, 5) is 0. The molecule has 1 N–H and O–H groups in total. The van der Waals surface area contributed by atoms with Crippen LogP contribution in [-0.2, 0) is 6.54 Å². The second-order valence-electron chi connectivity index (χ2n) is 2.81. The van der Waals surface area contributed by atoms with Gasteiger partial charge >= 0.3 is 0 Å². The first kappa shape index (κ1) is 7.84. The van der Waals surface area contributed by atoms with Gasteiger partial charge in [0.25, 0.3) is 0 Å². The fourth-order valence-electron chi connectivity index (χ4n) is 1.25. The lowest BCUT2D eigenvalue weighted by Gasteiger charge is -2.24. The second kappa shape index (κ2) is 2.92. The Morgan fingerprint density at radius 3 is 3.17 bits per heavy atom. The average molecular weight is 183 g/mol. The second-order valence-corrected chi connectivity index (χ2v) is 3.54. The Labute approximate surface area is 73.2 Å². The van der Waals surface area contributed by atoms with E-state index in [0.717, 1.165) is 17.9 Å². The molecule has 4 heteroatoms. The molecule has 3 nitrogen and oxygen atoms in total. The Kier molecular flexibility index (Phi) is 1.91. The number of benzene rings is 1. The summed E-state index contributed by atoms with van der Waals surface area (Å²) in [5.41, 5.74) is 1.02. The Bertz CT molecular complexity index is 303. The van der Waals surface area contributed by atoms with Crippen LogP contribution in [0.25, 0.3) is 0 Å². The molecular formula is C8H10NO2P. The molecule has 1 unspecified atom stereocenters. The van der Waals surface area contributed by atoms with Crippen LogP contribution in [-0.4, -0.2) is 16.5 Å². The van der Waals surface area contributed by atoms with E-state index in [0.29, 0.717) is 6.73 Å². The van der Waals surface area contributed by atoms with Crippen LogP contribution in [0.4, 0.5) is 0 Å². The lowest BCUT2D eigenvalue weighted by molar-refractivity contribution is 0.180. The maximum Gasteiger partial charge on any atom is 0.145 e. The first-order chi connectivity index (χ1) is 5.75. The number of aromatic hydroxyl groups is 1. The summed E-state index contributed by atoms with van der Waals surface area (Å²) >= 11 is 0. The maximum absolute atomic E-state index is 9.19. The highest BCUT2D eigenvalue weighted by molar-refractivity contribution is 7.13. The third kappa shape index (κ3) is 1.38. The van der Waals surface area contributed by atoms with E-state index < -0.39 is 0 Å². The van der Waals surface area contributed by atoms with Gasteiger partial charge in [0.2, 0.25) is 0 Å². The highest BCUT2D eigenvalue weighted by Crippen LogP contribution is 2.29. The molecule has 1 aliphatic rings. The Morgan fingerprint density at radius 2 is 2.33 bits per heavy atom. The van der Waals surface area contributed by atoms with E-state index >= 15 is 0 Å². The predicted molar refractivity (Wildman–Crippen MR) is 48.9 cm³/mol. The zero-order valence-corrected chi connectivity index (χ0v) is 7.68. The first-order valence-electron chi connectivity index (χ1n) is 3.70. The summed E-state index contributed by atoms with van der Waals surface area (Å²) in [6.07, 6.45) is 0. The summed E-state index contributed by atoms with van der Waals surface area (Å²) in [6, 6.07) is 5.16. The van der Waals surface area contributed by atoms with Crippen LogP contribution in [0.5, 0.6) is 11.5 Å². The number of nitrogens with zero attached hydrogens (tertiary/aromatic N) is 1. The van der Waals surface area contributed by atoms with Crippen molar-refractivity contribution in [3.05, 3.63) is 23.8 Å². The number of phenols is 1. The molecule has 0 bridgehead atoms. The molecule has 64 valence electrons. The molecule has 0 amide bonds. The van der Waals surface area contributed by atoms with Gasteiger partial charge in [-0.25, -0.2) is 0 Å². The zero-order chi connectivity index (χ0) is 8.55. The van der Waals surface area contributed by atoms with Gasteiger partial charge in [0.05, 0.1) is 0 Å². The molecule has 1 aliphatic heterocycles. The largest absolute Gasteiger partial charge is 0.508 e. The third-order valence-corrected chi connectivity index (χ3v) is 2.14. The van der Waals surface area contributed by atoms with Crippen molar-refractivity contribution in [2.75, 3.05) is 6.73 Å². The summed E-state index contributed by atoms with van der Waals surface area (Å²) in [5.74, 6) is 1.16. The van der Waals surface area contributed by atoms with Gasteiger partial charge < -0.3 is 9.84 Å². The van der Waals surface area contributed by atoms with Gasteiger partial charge in [-0.1, -0.05) is 9.39 Å². The van der Waals surface area contributed by atoms with Crippen molar-refractivity contribution in [2.24, 2.45) is 0 Å². The van der Waals surface area contributed by atoms with Crippen molar-refractivity contribution in [1.29, 1.82) is 0 Å². The summed E-state index contributed by atoms with van der Waals surface area (Å²) in [6.45, 7) is 1.39. The fourth-order valence-corrected chi connectivity index (χ4v) is 1.52. The summed E-state index contributed by atoms with van der Waals surface area (Å²) in [5, 5.41) is 9.19. The number of hydrogen-bond donors (Lipinski definition) is 1. The molecule has 1 atom stereocenters. The Balaban J connectivity index is 2.37. The molecule has 1 aromatic carbocycles. The quantitative estimate of drug-likeness (QED) is 0.616. The molecule has 12 heavy (non-hydrogen) atoms. The number of phenolic OH excluding ortho intramolecular Hbond substituents is 1. The standard InChI is InChI=1S/C8H10NO2P/c10-7-1-2-8-6(3-7)4-9(12)5-11-8/h1-3,10H,4-5,12H2. The lowest BCUT2D eigenvalue weighted by Crippen LogP contribution is -2.23. The van der Waals surface area contributed by atoms with Crippen LogP contribution < -0.4 is 4.74 Å². The zero-order valence-electron chi connectivity index (χ0n) is 6.53. The summed E-state index contributed by atoms with van der Waals surface area (Å²) < 4.78 is 7.34. The third-order valence-electron chi connectivity index (χ3n) is 1.80. The van der Waals surface area contributed by atoms with Gasteiger partial charge in [-0.2, -0.15) is 0 Å². The van der Waals surface area contributed by atoms with Crippen molar-refractivity contribution >= 4 is 9.39 Å². The van der Waals surface area contributed by atoms with Gasteiger partial charge in [-0.15, -0.1) is 0 Å². The maximum atomic E-state index is 9.19. The van der Waals surface area contributed by atoms with E-state index in [1.807, 2.05) is 4.67 Å². The Morgan fingerprint density at radius 1 is 1.50 bits per heavy atom. The molecule has 0 saturated carbocycles. The first-order valence-corrected chi connectivity index (χ1v) is 4.22. The lowest BCUT2D eigenvalue weighted by atomic mass is 10.2.